The topological polar surface area (TPSA) is 3.24 Å². The predicted molar refractivity (Wildman–Crippen MR) is 61.0 cm³/mol. The Labute approximate surface area is 90.9 Å². The molecule has 0 atom stereocenters. The van der Waals surface area contributed by atoms with Crippen molar-refractivity contribution in [1.82, 2.24) is 4.90 Å². The molecule has 0 unspecified atom stereocenters. The Morgan fingerprint density at radius 1 is 1.27 bits per heavy atom. The summed E-state index contributed by atoms with van der Waals surface area (Å²) in [5.41, 5.74) is 2.79. The number of likely N-dealkylation sites (tertiary alicyclic amines) is 1. The first-order valence-electron chi connectivity index (χ1n) is 5.70. The van der Waals surface area contributed by atoms with Crippen LogP contribution in [0.5, 0.6) is 0 Å². The fourth-order valence-electron chi connectivity index (χ4n) is 2.11. The maximum Gasteiger partial charge on any atom is 0.102 e. The molecule has 1 saturated heterocycles. The molecule has 0 N–H and O–H groups in total. The highest BCUT2D eigenvalue weighted by Crippen LogP contribution is 2.26. The zero-order valence-corrected chi connectivity index (χ0v) is 9.25. The van der Waals surface area contributed by atoms with E-state index in [1.807, 2.05) is 0 Å². The van der Waals surface area contributed by atoms with Crippen molar-refractivity contribution in [2.75, 3.05) is 26.3 Å². The smallest absolute Gasteiger partial charge is 0.102 e. The van der Waals surface area contributed by atoms with Gasteiger partial charge in [-0.2, -0.15) is 0 Å². The molecule has 0 amide bonds. The number of hydrogen-bond acceptors (Lipinski definition) is 1. The van der Waals surface area contributed by atoms with Gasteiger partial charge < -0.3 is 0 Å². The summed E-state index contributed by atoms with van der Waals surface area (Å²) in [6, 6.07) is 8.84. The molecular weight excluding hydrogens is 189 g/mol. The standard InChI is InChI=1S/C13H18FN/c1-2-11-3-5-12(6-4-11)13-9-15(10-13)8-7-14/h3-6,13H,2,7-10H2,1H3. The Morgan fingerprint density at radius 3 is 2.47 bits per heavy atom. The van der Waals surface area contributed by atoms with Crippen molar-refractivity contribution in [3.8, 4) is 0 Å². The number of aryl methyl sites for hydroxylation is 1. The van der Waals surface area contributed by atoms with Crippen LogP contribution in [0, 0.1) is 0 Å². The Kier molecular flexibility index (Phi) is 3.37. The molecule has 1 aliphatic rings. The van der Waals surface area contributed by atoms with Gasteiger partial charge in [-0.05, 0) is 17.5 Å². The van der Waals surface area contributed by atoms with Gasteiger partial charge in [0.1, 0.15) is 6.67 Å². The monoisotopic (exact) mass is 207 g/mol. The minimum Gasteiger partial charge on any atom is -0.299 e. The summed E-state index contributed by atoms with van der Waals surface area (Å²) in [6.45, 7) is 4.59. The van der Waals surface area contributed by atoms with E-state index >= 15 is 0 Å². The fraction of sp³-hybridized carbons (Fsp3) is 0.538. The number of rotatable bonds is 4. The maximum atomic E-state index is 12.1. The number of nitrogens with zero attached hydrogens (tertiary/aromatic N) is 1. The molecule has 15 heavy (non-hydrogen) atoms. The van der Waals surface area contributed by atoms with Crippen LogP contribution in [0.15, 0.2) is 24.3 Å². The van der Waals surface area contributed by atoms with Crippen LogP contribution in [-0.2, 0) is 6.42 Å². The van der Waals surface area contributed by atoms with E-state index in [1.165, 1.54) is 11.1 Å². The Hall–Kier alpha value is -0.890. The lowest BCUT2D eigenvalue weighted by molar-refractivity contribution is 0.137. The highest BCUT2D eigenvalue weighted by molar-refractivity contribution is 5.27. The van der Waals surface area contributed by atoms with Crippen LogP contribution in [-0.4, -0.2) is 31.2 Å². The van der Waals surface area contributed by atoms with Gasteiger partial charge in [0.25, 0.3) is 0 Å². The minimum absolute atomic E-state index is 0.221. The molecule has 0 radical (unpaired) electrons. The molecule has 1 fully saturated rings. The van der Waals surface area contributed by atoms with Crippen molar-refractivity contribution in [3.63, 3.8) is 0 Å². The zero-order chi connectivity index (χ0) is 10.7. The average molecular weight is 207 g/mol. The molecule has 0 saturated carbocycles. The van der Waals surface area contributed by atoms with Gasteiger partial charge in [0.2, 0.25) is 0 Å². The molecule has 0 spiro atoms. The third-order valence-corrected chi connectivity index (χ3v) is 3.22. The first kappa shape index (κ1) is 10.6. The van der Waals surface area contributed by atoms with Gasteiger partial charge in [-0.1, -0.05) is 31.2 Å². The van der Waals surface area contributed by atoms with Gasteiger partial charge in [0.15, 0.2) is 0 Å². The van der Waals surface area contributed by atoms with E-state index in [2.05, 4.69) is 36.1 Å². The van der Waals surface area contributed by atoms with Crippen LogP contribution in [0.25, 0.3) is 0 Å². The SMILES string of the molecule is CCc1ccc(C2CN(CCF)C2)cc1. The van der Waals surface area contributed by atoms with Gasteiger partial charge >= 0.3 is 0 Å². The van der Waals surface area contributed by atoms with Crippen molar-refractivity contribution in [3.05, 3.63) is 35.4 Å². The first-order valence-corrected chi connectivity index (χ1v) is 5.70. The molecule has 82 valence electrons. The number of hydrogen-bond donors (Lipinski definition) is 0. The van der Waals surface area contributed by atoms with Crippen LogP contribution in [0.1, 0.15) is 24.0 Å². The van der Waals surface area contributed by atoms with Crippen LogP contribution in [0.3, 0.4) is 0 Å². The van der Waals surface area contributed by atoms with E-state index in [9.17, 15) is 4.39 Å². The van der Waals surface area contributed by atoms with Crippen LogP contribution in [0.4, 0.5) is 4.39 Å². The summed E-state index contributed by atoms with van der Waals surface area (Å²) < 4.78 is 12.1. The Balaban J connectivity index is 1.89. The number of benzene rings is 1. The molecule has 0 aromatic heterocycles. The molecule has 2 rings (SSSR count). The summed E-state index contributed by atoms with van der Waals surface area (Å²) in [7, 11) is 0. The second-order valence-electron chi connectivity index (χ2n) is 4.24. The molecule has 1 aromatic rings. The van der Waals surface area contributed by atoms with E-state index in [-0.39, 0.29) is 6.67 Å². The lowest BCUT2D eigenvalue weighted by Gasteiger charge is -2.39. The Morgan fingerprint density at radius 2 is 1.93 bits per heavy atom. The molecule has 2 heteroatoms. The van der Waals surface area contributed by atoms with Crippen molar-refractivity contribution in [2.45, 2.75) is 19.3 Å². The molecule has 0 bridgehead atoms. The lowest BCUT2D eigenvalue weighted by Crippen LogP contribution is -2.45. The van der Waals surface area contributed by atoms with Gasteiger partial charge in [-0.15, -0.1) is 0 Å². The van der Waals surface area contributed by atoms with E-state index < -0.39 is 0 Å². The van der Waals surface area contributed by atoms with Crippen molar-refractivity contribution < 1.29 is 4.39 Å². The molecule has 0 aliphatic carbocycles. The summed E-state index contributed by atoms with van der Waals surface area (Å²) in [6.07, 6.45) is 1.10. The van der Waals surface area contributed by atoms with Crippen molar-refractivity contribution in [1.29, 1.82) is 0 Å². The highest BCUT2D eigenvalue weighted by atomic mass is 19.1. The van der Waals surface area contributed by atoms with Crippen molar-refractivity contribution >= 4 is 0 Å². The van der Waals surface area contributed by atoms with Gasteiger partial charge in [0, 0.05) is 25.6 Å². The third-order valence-electron chi connectivity index (χ3n) is 3.22. The van der Waals surface area contributed by atoms with Gasteiger partial charge in [0.05, 0.1) is 0 Å². The van der Waals surface area contributed by atoms with Gasteiger partial charge in [-0.25, -0.2) is 4.39 Å². The first-order chi connectivity index (χ1) is 7.33. The maximum absolute atomic E-state index is 12.1. The van der Waals surface area contributed by atoms with E-state index in [4.69, 9.17) is 0 Å². The average Bonchev–Trinajstić information content (AvgIpc) is 2.23. The third kappa shape index (κ3) is 2.37. The van der Waals surface area contributed by atoms with Gasteiger partial charge in [-0.3, -0.25) is 4.90 Å². The van der Waals surface area contributed by atoms with Crippen LogP contribution >= 0.6 is 0 Å². The summed E-state index contributed by atoms with van der Waals surface area (Å²) >= 11 is 0. The van der Waals surface area contributed by atoms with E-state index in [0.717, 1.165) is 19.5 Å². The normalized spacial score (nSPS) is 17.7. The Bertz CT molecular complexity index is 301. The molecular formula is C13H18FN. The van der Waals surface area contributed by atoms with E-state index in [0.29, 0.717) is 12.5 Å². The summed E-state index contributed by atoms with van der Waals surface area (Å²) in [5, 5.41) is 0. The lowest BCUT2D eigenvalue weighted by atomic mass is 9.91. The summed E-state index contributed by atoms with van der Waals surface area (Å²) in [4.78, 5) is 2.17. The molecule has 1 aromatic carbocycles. The molecule has 1 aliphatic heterocycles. The fourth-order valence-corrected chi connectivity index (χ4v) is 2.11. The second-order valence-corrected chi connectivity index (χ2v) is 4.24. The summed E-state index contributed by atoms with van der Waals surface area (Å²) in [5.74, 6) is 0.627. The number of halogens is 1. The highest BCUT2D eigenvalue weighted by Gasteiger charge is 2.27. The van der Waals surface area contributed by atoms with Crippen molar-refractivity contribution in [2.24, 2.45) is 0 Å². The largest absolute Gasteiger partial charge is 0.299 e. The van der Waals surface area contributed by atoms with Crippen LogP contribution < -0.4 is 0 Å². The van der Waals surface area contributed by atoms with Crippen LogP contribution in [0.2, 0.25) is 0 Å². The predicted octanol–water partition coefficient (Wildman–Crippen LogP) is 2.62. The molecule has 1 heterocycles. The van der Waals surface area contributed by atoms with E-state index in [1.54, 1.807) is 0 Å². The number of alkyl halides is 1. The zero-order valence-electron chi connectivity index (χ0n) is 9.25. The quantitative estimate of drug-likeness (QED) is 0.733. The second kappa shape index (κ2) is 4.75. The molecule has 1 nitrogen and oxygen atoms in total. The minimum atomic E-state index is -0.221.